The van der Waals surface area contributed by atoms with Crippen molar-refractivity contribution in [3.8, 4) is 0 Å². The molecule has 0 saturated heterocycles. The fourth-order valence-corrected chi connectivity index (χ4v) is 2.06. The number of methoxy groups -OCH3 is 1. The number of aliphatic carboxylic acids is 1. The van der Waals surface area contributed by atoms with Crippen molar-refractivity contribution in [1.82, 2.24) is 0 Å². The van der Waals surface area contributed by atoms with Crippen LogP contribution in [0, 0.1) is 0 Å². The minimum Gasteiger partial charge on any atom is -0.475 e. The summed E-state index contributed by atoms with van der Waals surface area (Å²) in [5.41, 5.74) is 1.22. The van der Waals surface area contributed by atoms with Crippen LogP contribution in [0.25, 0.3) is 0 Å². The second-order valence-corrected chi connectivity index (χ2v) is 4.43. The van der Waals surface area contributed by atoms with E-state index in [1.54, 1.807) is 19.2 Å². The van der Waals surface area contributed by atoms with Crippen molar-refractivity contribution in [2.45, 2.75) is 18.3 Å². The second-order valence-electron chi connectivity index (χ2n) is 4.43. The van der Waals surface area contributed by atoms with E-state index in [1.165, 1.54) is 6.07 Å². The number of carbonyl (C=O) groups is 2. The van der Waals surface area contributed by atoms with Crippen molar-refractivity contribution in [2.75, 3.05) is 13.7 Å². The molecule has 4 heteroatoms. The topological polar surface area (TPSA) is 63.6 Å². The quantitative estimate of drug-likeness (QED) is 0.621. The van der Waals surface area contributed by atoms with Crippen LogP contribution in [0.5, 0.6) is 0 Å². The highest BCUT2D eigenvalue weighted by molar-refractivity contribution is 6.39. The highest BCUT2D eigenvalue weighted by Gasteiger charge is 2.44. The van der Waals surface area contributed by atoms with Gasteiger partial charge in [0.15, 0.2) is 0 Å². The maximum absolute atomic E-state index is 11.4. The number of Topliss-reactive ketones (excluding diaryl/α,β-unsaturated/α-hetero) is 1. The molecule has 90 valence electrons. The Morgan fingerprint density at radius 3 is 2.65 bits per heavy atom. The Labute approximate surface area is 99.2 Å². The maximum Gasteiger partial charge on any atom is 0.377 e. The van der Waals surface area contributed by atoms with Crippen LogP contribution >= 0.6 is 0 Å². The molecule has 0 bridgehead atoms. The molecule has 0 unspecified atom stereocenters. The summed E-state index contributed by atoms with van der Waals surface area (Å²) in [6, 6.07) is 6.84. The molecule has 0 amide bonds. The largest absolute Gasteiger partial charge is 0.475 e. The summed E-state index contributed by atoms with van der Waals surface area (Å²) in [5, 5.41) is 8.67. The summed E-state index contributed by atoms with van der Waals surface area (Å²) in [7, 11) is 1.65. The standard InChI is InChI=1S/C13H14O4/c1-17-8-13(5-6-13)10-4-2-3-9(7-10)11(14)12(15)16/h2-4,7H,5-6,8H2,1H3,(H,15,16). The van der Waals surface area contributed by atoms with Gasteiger partial charge in [0.25, 0.3) is 5.78 Å². The van der Waals surface area contributed by atoms with Gasteiger partial charge in [-0.05, 0) is 24.5 Å². The molecule has 1 saturated carbocycles. The second kappa shape index (κ2) is 4.30. The van der Waals surface area contributed by atoms with E-state index in [9.17, 15) is 9.59 Å². The minimum atomic E-state index is -1.42. The molecular weight excluding hydrogens is 220 g/mol. The van der Waals surface area contributed by atoms with Crippen molar-refractivity contribution in [3.63, 3.8) is 0 Å². The molecule has 1 aliphatic carbocycles. The zero-order valence-electron chi connectivity index (χ0n) is 9.60. The number of carbonyl (C=O) groups excluding carboxylic acids is 1. The Morgan fingerprint density at radius 2 is 2.12 bits per heavy atom. The molecule has 1 aromatic carbocycles. The molecule has 2 rings (SSSR count). The van der Waals surface area contributed by atoms with Crippen molar-refractivity contribution in [2.24, 2.45) is 0 Å². The molecule has 1 N–H and O–H groups in total. The van der Waals surface area contributed by atoms with Crippen LogP contribution in [0.4, 0.5) is 0 Å². The summed E-state index contributed by atoms with van der Waals surface area (Å²) in [5.74, 6) is -2.28. The third-order valence-corrected chi connectivity index (χ3v) is 3.21. The van der Waals surface area contributed by atoms with Crippen molar-refractivity contribution < 1.29 is 19.4 Å². The van der Waals surface area contributed by atoms with Gasteiger partial charge in [-0.15, -0.1) is 0 Å². The Kier molecular flexibility index (Phi) is 2.98. The Bertz CT molecular complexity index is 460. The van der Waals surface area contributed by atoms with Crippen molar-refractivity contribution in [1.29, 1.82) is 0 Å². The van der Waals surface area contributed by atoms with Crippen molar-refractivity contribution >= 4 is 11.8 Å². The lowest BCUT2D eigenvalue weighted by Crippen LogP contribution is -2.17. The predicted molar refractivity (Wildman–Crippen MR) is 61.2 cm³/mol. The third kappa shape index (κ3) is 2.22. The van der Waals surface area contributed by atoms with Crippen LogP contribution in [0.1, 0.15) is 28.8 Å². The van der Waals surface area contributed by atoms with Crippen LogP contribution in [0.15, 0.2) is 24.3 Å². The van der Waals surface area contributed by atoms with Gasteiger partial charge in [-0.1, -0.05) is 18.2 Å². The number of hydrogen-bond acceptors (Lipinski definition) is 3. The van der Waals surface area contributed by atoms with Crippen LogP contribution < -0.4 is 0 Å². The van der Waals surface area contributed by atoms with E-state index in [2.05, 4.69) is 0 Å². The summed E-state index contributed by atoms with van der Waals surface area (Å²) in [4.78, 5) is 22.0. The highest BCUT2D eigenvalue weighted by Crippen LogP contribution is 2.48. The van der Waals surface area contributed by atoms with Crippen LogP contribution in [-0.4, -0.2) is 30.6 Å². The molecule has 1 aromatic rings. The lowest BCUT2D eigenvalue weighted by Gasteiger charge is -2.14. The first-order valence-corrected chi connectivity index (χ1v) is 5.46. The van der Waals surface area contributed by atoms with E-state index < -0.39 is 11.8 Å². The molecule has 0 radical (unpaired) electrons. The number of ketones is 1. The van der Waals surface area contributed by atoms with Gasteiger partial charge in [0, 0.05) is 18.1 Å². The zero-order chi connectivity index (χ0) is 12.5. The molecular formula is C13H14O4. The summed E-state index contributed by atoms with van der Waals surface area (Å²) in [6.07, 6.45) is 2.04. The molecule has 1 aliphatic rings. The highest BCUT2D eigenvalue weighted by atomic mass is 16.5. The maximum atomic E-state index is 11.4. The lowest BCUT2D eigenvalue weighted by atomic mass is 9.94. The van der Waals surface area contributed by atoms with E-state index in [1.807, 2.05) is 6.07 Å². The molecule has 0 aliphatic heterocycles. The first-order valence-electron chi connectivity index (χ1n) is 5.46. The molecule has 17 heavy (non-hydrogen) atoms. The first kappa shape index (κ1) is 11.8. The van der Waals surface area contributed by atoms with E-state index in [4.69, 9.17) is 9.84 Å². The number of carboxylic acid groups (broad SMARTS) is 1. The Hall–Kier alpha value is -1.68. The molecule has 0 atom stereocenters. The molecule has 4 nitrogen and oxygen atoms in total. The fourth-order valence-electron chi connectivity index (χ4n) is 2.06. The van der Waals surface area contributed by atoms with Gasteiger partial charge >= 0.3 is 5.97 Å². The van der Waals surface area contributed by atoms with Gasteiger partial charge in [0.2, 0.25) is 0 Å². The monoisotopic (exact) mass is 234 g/mol. The molecule has 1 fully saturated rings. The lowest BCUT2D eigenvalue weighted by molar-refractivity contribution is -0.131. The normalized spacial score (nSPS) is 16.5. The summed E-state index contributed by atoms with van der Waals surface area (Å²) in [6.45, 7) is 0.609. The summed E-state index contributed by atoms with van der Waals surface area (Å²) < 4.78 is 5.17. The Morgan fingerprint density at radius 1 is 1.41 bits per heavy atom. The van der Waals surface area contributed by atoms with E-state index in [-0.39, 0.29) is 11.0 Å². The minimum absolute atomic E-state index is 0.0104. The first-order chi connectivity index (χ1) is 8.09. The number of benzene rings is 1. The van der Waals surface area contributed by atoms with Gasteiger partial charge < -0.3 is 9.84 Å². The van der Waals surface area contributed by atoms with Gasteiger partial charge in [-0.25, -0.2) is 4.79 Å². The van der Waals surface area contributed by atoms with Crippen molar-refractivity contribution in [3.05, 3.63) is 35.4 Å². The molecule has 0 aromatic heterocycles. The average molecular weight is 234 g/mol. The number of rotatable bonds is 5. The van der Waals surface area contributed by atoms with Crippen LogP contribution in [-0.2, 0) is 14.9 Å². The van der Waals surface area contributed by atoms with E-state index in [0.29, 0.717) is 6.61 Å². The van der Waals surface area contributed by atoms with Gasteiger partial charge in [0.1, 0.15) is 0 Å². The van der Waals surface area contributed by atoms with Gasteiger partial charge in [-0.2, -0.15) is 0 Å². The SMILES string of the molecule is COCC1(c2cccc(C(=O)C(=O)O)c2)CC1. The molecule has 0 spiro atoms. The average Bonchev–Trinajstić information content (AvgIpc) is 3.10. The number of carboxylic acids is 1. The van der Waals surface area contributed by atoms with Gasteiger partial charge in [0.05, 0.1) is 6.61 Å². The van der Waals surface area contributed by atoms with Crippen LogP contribution in [0.3, 0.4) is 0 Å². The number of hydrogen-bond donors (Lipinski definition) is 1. The summed E-state index contributed by atoms with van der Waals surface area (Å²) >= 11 is 0. The zero-order valence-corrected chi connectivity index (χ0v) is 9.60. The number of ether oxygens (including phenoxy) is 1. The predicted octanol–water partition coefficient (Wildman–Crippen LogP) is 1.63. The smallest absolute Gasteiger partial charge is 0.377 e. The van der Waals surface area contributed by atoms with Gasteiger partial charge in [-0.3, -0.25) is 4.79 Å². The van der Waals surface area contributed by atoms with Crippen LogP contribution in [0.2, 0.25) is 0 Å². The van der Waals surface area contributed by atoms with E-state index in [0.717, 1.165) is 18.4 Å². The molecule has 0 heterocycles. The third-order valence-electron chi connectivity index (χ3n) is 3.21. The van der Waals surface area contributed by atoms with E-state index >= 15 is 0 Å². The Balaban J connectivity index is 2.29. The fraction of sp³-hybridized carbons (Fsp3) is 0.385.